The van der Waals surface area contributed by atoms with Crippen LogP contribution in [-0.2, 0) is 25.7 Å². The Balaban J connectivity index is 2.33. The van der Waals surface area contributed by atoms with Crippen LogP contribution in [0.3, 0.4) is 0 Å². The third-order valence-electron chi connectivity index (χ3n) is 3.11. The van der Waals surface area contributed by atoms with Crippen LogP contribution in [0.2, 0.25) is 0 Å². The molecule has 0 saturated heterocycles. The van der Waals surface area contributed by atoms with Gasteiger partial charge in [0.25, 0.3) is 0 Å². The number of hydrogen-bond acceptors (Lipinski definition) is 5. The minimum absolute atomic E-state index is 0.0760. The number of carbonyl (C=O) groups is 3. The van der Waals surface area contributed by atoms with Crippen LogP contribution >= 0.6 is 0 Å². The highest BCUT2D eigenvalue weighted by atomic mass is 16.6. The Bertz CT molecular complexity index is 579. The molecule has 7 heteroatoms. The van der Waals surface area contributed by atoms with Crippen molar-refractivity contribution in [2.45, 2.75) is 58.3 Å². The third-order valence-corrected chi connectivity index (χ3v) is 3.11. The second-order valence-corrected chi connectivity index (χ2v) is 6.58. The topological polar surface area (TPSA) is 102 Å². The minimum Gasteiger partial charge on any atom is -0.480 e. The number of alkyl carbamates (subject to hydrolysis) is 1. The second-order valence-electron chi connectivity index (χ2n) is 6.58. The molecule has 1 atom stereocenters. The Morgan fingerprint density at radius 3 is 2.36 bits per heavy atom. The molecule has 2 N–H and O–H groups in total. The molecule has 1 aromatic carbocycles. The first-order valence-corrected chi connectivity index (χ1v) is 8.09. The summed E-state index contributed by atoms with van der Waals surface area (Å²) >= 11 is 0. The van der Waals surface area contributed by atoms with E-state index in [-0.39, 0.29) is 25.9 Å². The van der Waals surface area contributed by atoms with Gasteiger partial charge in [-0.25, -0.2) is 9.59 Å². The average Bonchev–Trinajstić information content (AvgIpc) is 2.51. The zero-order valence-corrected chi connectivity index (χ0v) is 14.8. The normalized spacial score (nSPS) is 12.1. The van der Waals surface area contributed by atoms with Gasteiger partial charge in [-0.3, -0.25) is 4.79 Å². The van der Waals surface area contributed by atoms with Gasteiger partial charge in [0.15, 0.2) is 0 Å². The van der Waals surface area contributed by atoms with Gasteiger partial charge in [-0.05, 0) is 39.2 Å². The average molecular weight is 351 g/mol. The molecule has 7 nitrogen and oxygen atoms in total. The molecule has 0 aliphatic carbocycles. The number of esters is 1. The molecule has 0 saturated carbocycles. The SMILES string of the molecule is CC(C)(C)OC(=O)N[C@@H](CCCC(=O)OCc1ccccc1)C(=O)O. The zero-order chi connectivity index (χ0) is 18.9. The summed E-state index contributed by atoms with van der Waals surface area (Å²) in [5.74, 6) is -1.59. The van der Waals surface area contributed by atoms with E-state index in [1.54, 1.807) is 20.8 Å². The number of hydrogen-bond donors (Lipinski definition) is 2. The van der Waals surface area contributed by atoms with Gasteiger partial charge in [0.2, 0.25) is 0 Å². The highest BCUT2D eigenvalue weighted by molar-refractivity contribution is 5.80. The van der Waals surface area contributed by atoms with Crippen molar-refractivity contribution in [3.05, 3.63) is 35.9 Å². The fourth-order valence-electron chi connectivity index (χ4n) is 1.97. The number of ether oxygens (including phenoxy) is 2. The monoisotopic (exact) mass is 351 g/mol. The molecule has 0 radical (unpaired) electrons. The molecular weight excluding hydrogens is 326 g/mol. The van der Waals surface area contributed by atoms with E-state index in [9.17, 15) is 14.4 Å². The highest BCUT2D eigenvalue weighted by Crippen LogP contribution is 2.09. The van der Waals surface area contributed by atoms with E-state index in [0.29, 0.717) is 0 Å². The Morgan fingerprint density at radius 2 is 1.80 bits per heavy atom. The molecular formula is C18H25NO6. The molecule has 1 aromatic rings. The van der Waals surface area contributed by atoms with E-state index >= 15 is 0 Å². The number of aliphatic carboxylic acids is 1. The molecule has 1 amide bonds. The fourth-order valence-corrected chi connectivity index (χ4v) is 1.97. The van der Waals surface area contributed by atoms with Crippen LogP contribution in [-0.4, -0.2) is 34.8 Å². The maximum Gasteiger partial charge on any atom is 0.408 e. The first-order chi connectivity index (χ1) is 11.7. The standard InChI is InChI=1S/C18H25NO6/c1-18(2,3)25-17(23)19-14(16(21)22)10-7-11-15(20)24-12-13-8-5-4-6-9-13/h4-6,8-9,14H,7,10-12H2,1-3H3,(H,19,23)(H,21,22)/t14-/m0/s1. The number of nitrogens with one attached hydrogen (secondary N) is 1. The maximum atomic E-state index is 11.7. The minimum atomic E-state index is -1.18. The number of rotatable bonds is 8. The summed E-state index contributed by atoms with van der Waals surface area (Å²) < 4.78 is 10.1. The van der Waals surface area contributed by atoms with Gasteiger partial charge in [-0.1, -0.05) is 30.3 Å². The summed E-state index contributed by atoms with van der Waals surface area (Å²) in [7, 11) is 0. The van der Waals surface area contributed by atoms with E-state index in [1.165, 1.54) is 0 Å². The number of carbonyl (C=O) groups excluding carboxylic acids is 2. The zero-order valence-electron chi connectivity index (χ0n) is 14.8. The lowest BCUT2D eigenvalue weighted by molar-refractivity contribution is -0.145. The van der Waals surface area contributed by atoms with E-state index in [2.05, 4.69) is 5.32 Å². The van der Waals surface area contributed by atoms with Crippen molar-refractivity contribution >= 4 is 18.0 Å². The summed E-state index contributed by atoms with van der Waals surface area (Å²) in [5.41, 5.74) is 0.167. The number of carboxylic acids is 1. The largest absolute Gasteiger partial charge is 0.480 e. The van der Waals surface area contributed by atoms with Crippen LogP contribution in [0.5, 0.6) is 0 Å². The van der Waals surface area contributed by atoms with E-state index < -0.39 is 29.7 Å². The van der Waals surface area contributed by atoms with Crippen molar-refractivity contribution in [2.75, 3.05) is 0 Å². The van der Waals surface area contributed by atoms with Crippen LogP contribution in [0, 0.1) is 0 Å². The lowest BCUT2D eigenvalue weighted by atomic mass is 10.1. The fraction of sp³-hybridized carbons (Fsp3) is 0.500. The van der Waals surface area contributed by atoms with Crippen molar-refractivity contribution in [3.63, 3.8) is 0 Å². The molecule has 25 heavy (non-hydrogen) atoms. The quantitative estimate of drug-likeness (QED) is 0.698. The molecule has 0 bridgehead atoms. The van der Waals surface area contributed by atoms with Crippen LogP contribution in [0.1, 0.15) is 45.6 Å². The summed E-state index contributed by atoms with van der Waals surface area (Å²) in [4.78, 5) is 34.5. The Morgan fingerprint density at radius 1 is 1.16 bits per heavy atom. The maximum absolute atomic E-state index is 11.7. The van der Waals surface area contributed by atoms with Gasteiger partial charge in [0.05, 0.1) is 0 Å². The molecule has 0 aliphatic heterocycles. The first kappa shape index (κ1) is 20.5. The van der Waals surface area contributed by atoms with E-state index in [1.807, 2.05) is 30.3 Å². The summed E-state index contributed by atoms with van der Waals surface area (Å²) in [6.45, 7) is 5.24. The van der Waals surface area contributed by atoms with Crippen LogP contribution in [0.15, 0.2) is 30.3 Å². The van der Waals surface area contributed by atoms with Crippen molar-refractivity contribution in [1.82, 2.24) is 5.32 Å². The predicted octanol–water partition coefficient (Wildman–Crippen LogP) is 2.88. The molecule has 0 aliphatic rings. The van der Waals surface area contributed by atoms with Crippen LogP contribution in [0.25, 0.3) is 0 Å². The molecule has 0 fully saturated rings. The van der Waals surface area contributed by atoms with E-state index in [0.717, 1.165) is 5.56 Å². The molecule has 1 rings (SSSR count). The second kappa shape index (κ2) is 9.66. The van der Waals surface area contributed by atoms with Gasteiger partial charge in [-0.2, -0.15) is 0 Å². The lowest BCUT2D eigenvalue weighted by Gasteiger charge is -2.21. The van der Waals surface area contributed by atoms with Crippen molar-refractivity contribution in [3.8, 4) is 0 Å². The van der Waals surface area contributed by atoms with Crippen molar-refractivity contribution in [2.24, 2.45) is 0 Å². The summed E-state index contributed by atoms with van der Waals surface area (Å²) in [6.07, 6.45) is -0.339. The smallest absolute Gasteiger partial charge is 0.408 e. The molecule has 0 spiro atoms. The molecule has 0 heterocycles. The predicted molar refractivity (Wildman–Crippen MR) is 90.9 cm³/mol. The van der Waals surface area contributed by atoms with Crippen LogP contribution < -0.4 is 5.32 Å². The van der Waals surface area contributed by atoms with Crippen molar-refractivity contribution in [1.29, 1.82) is 0 Å². The number of carboxylic acid groups (broad SMARTS) is 1. The molecule has 0 aromatic heterocycles. The Labute approximate surface area is 147 Å². The first-order valence-electron chi connectivity index (χ1n) is 8.09. The van der Waals surface area contributed by atoms with Gasteiger partial charge in [0.1, 0.15) is 18.2 Å². The highest BCUT2D eigenvalue weighted by Gasteiger charge is 2.23. The summed E-state index contributed by atoms with van der Waals surface area (Å²) in [6, 6.07) is 8.15. The third kappa shape index (κ3) is 9.34. The van der Waals surface area contributed by atoms with Gasteiger partial charge < -0.3 is 19.9 Å². The number of amides is 1. The Hall–Kier alpha value is -2.57. The van der Waals surface area contributed by atoms with E-state index in [4.69, 9.17) is 14.6 Å². The van der Waals surface area contributed by atoms with Crippen molar-refractivity contribution < 1.29 is 29.0 Å². The summed E-state index contributed by atoms with van der Waals surface area (Å²) in [5, 5.41) is 11.4. The molecule has 138 valence electrons. The van der Waals surface area contributed by atoms with Gasteiger partial charge in [0, 0.05) is 6.42 Å². The molecule has 0 unspecified atom stereocenters. The van der Waals surface area contributed by atoms with Crippen LogP contribution in [0.4, 0.5) is 4.79 Å². The van der Waals surface area contributed by atoms with Gasteiger partial charge >= 0.3 is 18.0 Å². The number of benzene rings is 1. The lowest BCUT2D eigenvalue weighted by Crippen LogP contribution is -2.43. The Kier molecular flexibility index (Phi) is 7.91. The van der Waals surface area contributed by atoms with Gasteiger partial charge in [-0.15, -0.1) is 0 Å².